The Balaban J connectivity index is 2.12. The van der Waals surface area contributed by atoms with Crippen molar-refractivity contribution in [2.75, 3.05) is 0 Å². The Morgan fingerprint density at radius 1 is 1.05 bits per heavy atom. The minimum atomic E-state index is 0.0966. The summed E-state index contributed by atoms with van der Waals surface area (Å²) in [6.07, 6.45) is 6.42. The van der Waals surface area contributed by atoms with Gasteiger partial charge in [-0.2, -0.15) is 19.6 Å². The Bertz CT molecular complexity index is 749. The molecule has 0 aliphatic carbocycles. The van der Waals surface area contributed by atoms with Crippen LogP contribution < -0.4 is 0 Å². The number of hydrogen-bond donors (Lipinski definition) is 0. The van der Waals surface area contributed by atoms with E-state index in [4.69, 9.17) is 11.6 Å². The molecule has 9 heteroatoms. The van der Waals surface area contributed by atoms with Crippen LogP contribution in [0.15, 0.2) is 18.7 Å². The molecule has 3 heterocycles. The van der Waals surface area contributed by atoms with E-state index in [1.807, 2.05) is 13.8 Å². The number of halogens is 1. The smallest absolute Gasteiger partial charge is 0.258 e. The molecule has 0 spiro atoms. The molecular weight excluding hydrogens is 292 g/mol. The van der Waals surface area contributed by atoms with Crippen molar-refractivity contribution < 1.29 is 0 Å². The van der Waals surface area contributed by atoms with Crippen LogP contribution in [-0.2, 0) is 12.8 Å². The molecular formula is C12H13ClN8. The lowest BCUT2D eigenvalue weighted by Crippen LogP contribution is -2.11. The molecule has 3 aromatic heterocycles. The fraction of sp³-hybridized carbons (Fsp3) is 0.333. The van der Waals surface area contributed by atoms with E-state index in [9.17, 15) is 0 Å². The standard InChI is InChI=1S/C12H13ClN8/c1-3-8-15-9(4-2)21(19-8)12-17-10(13)16-11(18-12)20-6-5-14-7-20/h5-7H,3-4H2,1-2H3. The number of hydrogen-bond acceptors (Lipinski definition) is 6. The second-order valence-corrected chi connectivity index (χ2v) is 4.58. The second-order valence-electron chi connectivity index (χ2n) is 4.24. The molecule has 0 radical (unpaired) electrons. The lowest BCUT2D eigenvalue weighted by atomic mass is 10.4. The van der Waals surface area contributed by atoms with Gasteiger partial charge in [-0.15, -0.1) is 5.10 Å². The third-order valence-electron chi connectivity index (χ3n) is 2.86. The minimum Gasteiger partial charge on any atom is -0.274 e. The van der Waals surface area contributed by atoms with Crippen LogP contribution >= 0.6 is 11.6 Å². The molecule has 108 valence electrons. The molecule has 0 atom stereocenters. The maximum atomic E-state index is 6.00. The zero-order valence-electron chi connectivity index (χ0n) is 11.6. The maximum absolute atomic E-state index is 6.00. The molecule has 3 aromatic rings. The van der Waals surface area contributed by atoms with Gasteiger partial charge >= 0.3 is 0 Å². The van der Waals surface area contributed by atoms with Gasteiger partial charge in [0.2, 0.25) is 11.2 Å². The Morgan fingerprint density at radius 3 is 2.52 bits per heavy atom. The first kappa shape index (κ1) is 13.6. The number of aryl methyl sites for hydroxylation is 2. The van der Waals surface area contributed by atoms with Gasteiger partial charge in [-0.05, 0) is 11.6 Å². The van der Waals surface area contributed by atoms with Gasteiger partial charge in [0, 0.05) is 25.2 Å². The van der Waals surface area contributed by atoms with E-state index in [0.29, 0.717) is 11.9 Å². The van der Waals surface area contributed by atoms with Gasteiger partial charge in [0.1, 0.15) is 12.2 Å². The monoisotopic (exact) mass is 304 g/mol. The molecule has 8 nitrogen and oxygen atoms in total. The predicted molar refractivity (Wildman–Crippen MR) is 75.6 cm³/mol. The van der Waals surface area contributed by atoms with Crippen LogP contribution in [0, 0.1) is 0 Å². The maximum Gasteiger partial charge on any atom is 0.258 e. The molecule has 0 amide bonds. The molecule has 0 unspecified atom stereocenters. The first-order valence-corrected chi connectivity index (χ1v) is 6.94. The number of imidazole rings is 1. The van der Waals surface area contributed by atoms with Crippen LogP contribution in [0.3, 0.4) is 0 Å². The molecule has 0 N–H and O–H groups in total. The summed E-state index contributed by atoms with van der Waals surface area (Å²) in [6.45, 7) is 4.00. The zero-order chi connectivity index (χ0) is 14.8. The average molecular weight is 305 g/mol. The van der Waals surface area contributed by atoms with Gasteiger partial charge in [-0.3, -0.25) is 4.57 Å². The minimum absolute atomic E-state index is 0.0966. The summed E-state index contributed by atoms with van der Waals surface area (Å²) in [5, 5.41) is 4.50. The summed E-state index contributed by atoms with van der Waals surface area (Å²) in [4.78, 5) is 21.0. The number of aromatic nitrogens is 8. The summed E-state index contributed by atoms with van der Waals surface area (Å²) in [7, 11) is 0. The van der Waals surface area contributed by atoms with E-state index in [2.05, 4.69) is 30.0 Å². The summed E-state index contributed by atoms with van der Waals surface area (Å²) >= 11 is 6.00. The van der Waals surface area contributed by atoms with Gasteiger partial charge in [-0.25, -0.2) is 9.97 Å². The lowest BCUT2D eigenvalue weighted by Gasteiger charge is -2.05. The molecule has 0 bridgehead atoms. The molecule has 0 saturated carbocycles. The second kappa shape index (κ2) is 5.57. The van der Waals surface area contributed by atoms with E-state index in [1.54, 1.807) is 28.0 Å². The van der Waals surface area contributed by atoms with Crippen molar-refractivity contribution in [3.05, 3.63) is 35.7 Å². The van der Waals surface area contributed by atoms with Crippen molar-refractivity contribution in [2.24, 2.45) is 0 Å². The normalized spacial score (nSPS) is 11.0. The fourth-order valence-corrected chi connectivity index (χ4v) is 2.00. The van der Waals surface area contributed by atoms with Crippen LogP contribution in [0.1, 0.15) is 25.5 Å². The quantitative estimate of drug-likeness (QED) is 0.724. The fourth-order valence-electron chi connectivity index (χ4n) is 1.85. The van der Waals surface area contributed by atoms with Gasteiger partial charge in [0.15, 0.2) is 5.82 Å². The van der Waals surface area contributed by atoms with Crippen LogP contribution in [0.2, 0.25) is 5.28 Å². The third-order valence-corrected chi connectivity index (χ3v) is 3.03. The molecule has 21 heavy (non-hydrogen) atoms. The number of nitrogens with zero attached hydrogens (tertiary/aromatic N) is 8. The van der Waals surface area contributed by atoms with Crippen molar-refractivity contribution in [3.8, 4) is 11.9 Å². The highest BCUT2D eigenvalue weighted by atomic mass is 35.5. The van der Waals surface area contributed by atoms with Crippen molar-refractivity contribution >= 4 is 11.6 Å². The molecule has 0 fully saturated rings. The molecule has 0 aromatic carbocycles. The van der Waals surface area contributed by atoms with Crippen LogP contribution in [0.25, 0.3) is 11.9 Å². The van der Waals surface area contributed by atoms with Gasteiger partial charge in [0.05, 0.1) is 0 Å². The van der Waals surface area contributed by atoms with Gasteiger partial charge in [0.25, 0.3) is 5.95 Å². The van der Waals surface area contributed by atoms with Crippen molar-refractivity contribution in [3.63, 3.8) is 0 Å². The Morgan fingerprint density at radius 2 is 1.86 bits per heavy atom. The molecule has 3 rings (SSSR count). The first-order chi connectivity index (χ1) is 10.2. The summed E-state index contributed by atoms with van der Waals surface area (Å²) in [6, 6.07) is 0. The predicted octanol–water partition coefficient (Wildman–Crippen LogP) is 1.42. The highest BCUT2D eigenvalue weighted by molar-refractivity contribution is 6.28. The Hall–Kier alpha value is -2.35. The number of rotatable bonds is 4. The van der Waals surface area contributed by atoms with Gasteiger partial charge < -0.3 is 0 Å². The third kappa shape index (κ3) is 2.62. The largest absolute Gasteiger partial charge is 0.274 e. The molecule has 0 aliphatic rings. The van der Waals surface area contributed by atoms with Crippen LogP contribution in [0.4, 0.5) is 0 Å². The SMILES string of the molecule is CCc1nc(CC)n(-c2nc(Cl)nc(-n3ccnc3)n2)n1. The van der Waals surface area contributed by atoms with E-state index >= 15 is 0 Å². The zero-order valence-corrected chi connectivity index (χ0v) is 12.4. The summed E-state index contributed by atoms with van der Waals surface area (Å²) in [5.41, 5.74) is 0. The van der Waals surface area contributed by atoms with E-state index in [0.717, 1.165) is 24.5 Å². The Kier molecular flexibility index (Phi) is 3.61. The van der Waals surface area contributed by atoms with Crippen molar-refractivity contribution in [1.29, 1.82) is 0 Å². The summed E-state index contributed by atoms with van der Waals surface area (Å²) < 4.78 is 3.26. The topological polar surface area (TPSA) is 87.2 Å². The van der Waals surface area contributed by atoms with Crippen molar-refractivity contribution in [1.82, 2.24) is 39.3 Å². The first-order valence-electron chi connectivity index (χ1n) is 6.56. The van der Waals surface area contributed by atoms with E-state index in [1.165, 1.54) is 0 Å². The summed E-state index contributed by atoms with van der Waals surface area (Å²) in [5.74, 6) is 2.26. The Labute approximate surface area is 125 Å². The molecule has 0 aliphatic heterocycles. The van der Waals surface area contributed by atoms with Crippen LogP contribution in [-0.4, -0.2) is 39.3 Å². The van der Waals surface area contributed by atoms with E-state index < -0.39 is 0 Å². The lowest BCUT2D eigenvalue weighted by molar-refractivity contribution is 0.725. The van der Waals surface area contributed by atoms with Crippen molar-refractivity contribution in [2.45, 2.75) is 26.7 Å². The van der Waals surface area contributed by atoms with Gasteiger partial charge in [-0.1, -0.05) is 13.8 Å². The van der Waals surface area contributed by atoms with E-state index in [-0.39, 0.29) is 5.28 Å². The molecule has 0 saturated heterocycles. The average Bonchev–Trinajstić information content (AvgIpc) is 3.15. The highest BCUT2D eigenvalue weighted by Gasteiger charge is 2.14. The highest BCUT2D eigenvalue weighted by Crippen LogP contribution is 2.11. The van der Waals surface area contributed by atoms with Crippen LogP contribution in [0.5, 0.6) is 0 Å².